The second-order valence-corrected chi connectivity index (χ2v) is 6.49. The molecule has 0 radical (unpaired) electrons. The van der Waals surface area contributed by atoms with Gasteiger partial charge in [0, 0.05) is 32.2 Å². The quantitative estimate of drug-likeness (QED) is 0.787. The highest BCUT2D eigenvalue weighted by atomic mass is 16.6. The molecule has 4 heteroatoms. The van der Waals surface area contributed by atoms with E-state index in [1.165, 1.54) is 19.3 Å². The van der Waals surface area contributed by atoms with Crippen molar-refractivity contribution in [2.75, 3.05) is 26.2 Å². The maximum Gasteiger partial charge on any atom is 0.410 e. The maximum absolute atomic E-state index is 11.9. The van der Waals surface area contributed by atoms with Crippen molar-refractivity contribution in [3.63, 3.8) is 0 Å². The fraction of sp³-hybridized carbons (Fsp3) is 0.933. The maximum atomic E-state index is 11.9. The zero-order valence-electron chi connectivity index (χ0n) is 13.2. The van der Waals surface area contributed by atoms with Crippen molar-refractivity contribution in [1.29, 1.82) is 0 Å². The van der Waals surface area contributed by atoms with Gasteiger partial charge in [-0.25, -0.2) is 4.79 Å². The van der Waals surface area contributed by atoms with E-state index in [4.69, 9.17) is 4.74 Å². The second kappa shape index (κ2) is 7.13. The van der Waals surface area contributed by atoms with Gasteiger partial charge in [-0.15, -0.1) is 0 Å². The van der Waals surface area contributed by atoms with E-state index in [9.17, 15) is 4.79 Å². The van der Waals surface area contributed by atoms with Gasteiger partial charge in [0.25, 0.3) is 0 Å². The molecular weight excluding hydrogens is 240 g/mol. The van der Waals surface area contributed by atoms with Gasteiger partial charge in [0.1, 0.15) is 5.60 Å². The Labute approximate surface area is 118 Å². The summed E-state index contributed by atoms with van der Waals surface area (Å²) in [4.78, 5) is 16.3. The largest absolute Gasteiger partial charge is 0.444 e. The van der Waals surface area contributed by atoms with Crippen molar-refractivity contribution in [3.8, 4) is 0 Å². The van der Waals surface area contributed by atoms with Crippen LogP contribution in [0, 0.1) is 0 Å². The lowest BCUT2D eigenvalue weighted by atomic mass is 10.1. The van der Waals surface area contributed by atoms with E-state index in [1.807, 2.05) is 25.7 Å². The molecule has 0 aromatic carbocycles. The Hall–Kier alpha value is -0.770. The van der Waals surface area contributed by atoms with Crippen LogP contribution in [0.4, 0.5) is 4.79 Å². The zero-order chi connectivity index (χ0) is 14.5. The molecule has 0 bridgehead atoms. The Morgan fingerprint density at radius 1 is 1.21 bits per heavy atom. The molecule has 1 amide bonds. The Bertz CT molecular complexity index is 278. The van der Waals surface area contributed by atoms with Gasteiger partial charge in [-0.3, -0.25) is 4.90 Å². The number of piperazine rings is 1. The molecule has 112 valence electrons. The van der Waals surface area contributed by atoms with E-state index in [2.05, 4.69) is 18.7 Å². The lowest BCUT2D eigenvalue weighted by Gasteiger charge is -2.38. The van der Waals surface area contributed by atoms with E-state index >= 15 is 0 Å². The van der Waals surface area contributed by atoms with Crippen LogP contribution >= 0.6 is 0 Å². The molecule has 19 heavy (non-hydrogen) atoms. The average molecular weight is 270 g/mol. The Morgan fingerprint density at radius 2 is 1.79 bits per heavy atom. The molecule has 0 saturated carbocycles. The Balaban J connectivity index is 2.34. The molecule has 1 aliphatic rings. The van der Waals surface area contributed by atoms with E-state index in [-0.39, 0.29) is 6.09 Å². The zero-order valence-corrected chi connectivity index (χ0v) is 13.2. The molecule has 0 spiro atoms. The number of amides is 1. The molecule has 1 saturated heterocycles. The molecule has 1 heterocycles. The smallest absolute Gasteiger partial charge is 0.410 e. The van der Waals surface area contributed by atoms with Crippen molar-refractivity contribution in [3.05, 3.63) is 0 Å². The Kier molecular flexibility index (Phi) is 6.11. The number of rotatable bonds is 4. The molecule has 0 aliphatic carbocycles. The van der Waals surface area contributed by atoms with Crippen LogP contribution < -0.4 is 0 Å². The minimum Gasteiger partial charge on any atom is -0.444 e. The van der Waals surface area contributed by atoms with Crippen LogP contribution in [0.3, 0.4) is 0 Å². The predicted molar refractivity (Wildman–Crippen MR) is 78.4 cm³/mol. The highest BCUT2D eigenvalue weighted by Crippen LogP contribution is 2.14. The minimum absolute atomic E-state index is 0.173. The van der Waals surface area contributed by atoms with Crippen LogP contribution in [0.25, 0.3) is 0 Å². The molecule has 1 fully saturated rings. The first-order valence-corrected chi connectivity index (χ1v) is 7.55. The van der Waals surface area contributed by atoms with E-state index in [0.29, 0.717) is 6.04 Å². The van der Waals surface area contributed by atoms with Crippen molar-refractivity contribution < 1.29 is 9.53 Å². The molecular formula is C15H30N2O2. The summed E-state index contributed by atoms with van der Waals surface area (Å²) in [5.41, 5.74) is -0.400. The van der Waals surface area contributed by atoms with Gasteiger partial charge < -0.3 is 9.64 Å². The molecule has 0 aromatic heterocycles. The first kappa shape index (κ1) is 16.3. The van der Waals surface area contributed by atoms with E-state index in [0.717, 1.165) is 26.2 Å². The van der Waals surface area contributed by atoms with Crippen LogP contribution in [0.2, 0.25) is 0 Å². The number of hydrogen-bond acceptors (Lipinski definition) is 3. The lowest BCUT2D eigenvalue weighted by molar-refractivity contribution is 0.0107. The monoisotopic (exact) mass is 270 g/mol. The van der Waals surface area contributed by atoms with Gasteiger partial charge in [-0.1, -0.05) is 19.8 Å². The van der Waals surface area contributed by atoms with Crippen LogP contribution in [-0.2, 0) is 4.74 Å². The molecule has 1 unspecified atom stereocenters. The Morgan fingerprint density at radius 3 is 2.26 bits per heavy atom. The number of nitrogens with zero attached hydrogens (tertiary/aromatic N) is 2. The average Bonchev–Trinajstić information content (AvgIpc) is 2.34. The normalized spacial score (nSPS) is 19.3. The van der Waals surface area contributed by atoms with Gasteiger partial charge in [0.2, 0.25) is 0 Å². The summed E-state index contributed by atoms with van der Waals surface area (Å²) in [6.45, 7) is 13.7. The summed E-state index contributed by atoms with van der Waals surface area (Å²) in [5, 5.41) is 0. The first-order valence-electron chi connectivity index (χ1n) is 7.55. The van der Waals surface area contributed by atoms with E-state index in [1.54, 1.807) is 0 Å². The fourth-order valence-electron chi connectivity index (χ4n) is 2.35. The third-order valence-electron chi connectivity index (χ3n) is 3.56. The number of carbonyl (C=O) groups excluding carboxylic acids is 1. The van der Waals surface area contributed by atoms with Crippen molar-refractivity contribution in [2.24, 2.45) is 0 Å². The van der Waals surface area contributed by atoms with Gasteiger partial charge in [0.15, 0.2) is 0 Å². The summed E-state index contributed by atoms with van der Waals surface area (Å²) in [5.74, 6) is 0. The standard InChI is InChI=1S/C15H30N2O2/c1-6-7-8-13(2)16-9-11-17(12-10-16)14(18)19-15(3,4)5/h13H,6-12H2,1-5H3. The lowest BCUT2D eigenvalue weighted by Crippen LogP contribution is -2.52. The SMILES string of the molecule is CCCCC(C)N1CCN(C(=O)OC(C)(C)C)CC1. The third kappa shape index (κ3) is 5.81. The van der Waals surface area contributed by atoms with Gasteiger partial charge in [-0.05, 0) is 34.1 Å². The molecule has 1 atom stereocenters. The summed E-state index contributed by atoms with van der Waals surface area (Å²) in [6.07, 6.45) is 3.62. The minimum atomic E-state index is -0.400. The number of hydrogen-bond donors (Lipinski definition) is 0. The van der Waals surface area contributed by atoms with Crippen LogP contribution in [0.15, 0.2) is 0 Å². The molecule has 1 rings (SSSR count). The van der Waals surface area contributed by atoms with Crippen molar-refractivity contribution in [2.45, 2.75) is 65.5 Å². The highest BCUT2D eigenvalue weighted by molar-refractivity contribution is 5.68. The van der Waals surface area contributed by atoms with Crippen LogP contribution in [0.1, 0.15) is 53.9 Å². The summed E-state index contributed by atoms with van der Waals surface area (Å²) in [6, 6.07) is 0.626. The van der Waals surface area contributed by atoms with Crippen LogP contribution in [0.5, 0.6) is 0 Å². The van der Waals surface area contributed by atoms with Gasteiger partial charge in [0.05, 0.1) is 0 Å². The van der Waals surface area contributed by atoms with Crippen molar-refractivity contribution in [1.82, 2.24) is 9.80 Å². The van der Waals surface area contributed by atoms with Crippen molar-refractivity contribution >= 4 is 6.09 Å². The first-order chi connectivity index (χ1) is 8.83. The number of ether oxygens (including phenoxy) is 1. The second-order valence-electron chi connectivity index (χ2n) is 6.49. The van der Waals surface area contributed by atoms with Gasteiger partial charge >= 0.3 is 6.09 Å². The summed E-state index contributed by atoms with van der Waals surface area (Å²) in [7, 11) is 0. The summed E-state index contributed by atoms with van der Waals surface area (Å²) >= 11 is 0. The molecule has 1 aliphatic heterocycles. The molecule has 0 aromatic rings. The number of carbonyl (C=O) groups is 1. The van der Waals surface area contributed by atoms with Gasteiger partial charge in [-0.2, -0.15) is 0 Å². The van der Waals surface area contributed by atoms with E-state index < -0.39 is 5.60 Å². The summed E-state index contributed by atoms with van der Waals surface area (Å²) < 4.78 is 5.41. The van der Waals surface area contributed by atoms with Crippen LogP contribution in [-0.4, -0.2) is 53.7 Å². The fourth-order valence-corrected chi connectivity index (χ4v) is 2.35. The molecule has 4 nitrogen and oxygen atoms in total. The molecule has 0 N–H and O–H groups in total. The highest BCUT2D eigenvalue weighted by Gasteiger charge is 2.27. The third-order valence-corrected chi connectivity index (χ3v) is 3.56. The topological polar surface area (TPSA) is 32.8 Å². The predicted octanol–water partition coefficient (Wildman–Crippen LogP) is 3.12. The number of unbranched alkanes of at least 4 members (excludes halogenated alkanes) is 1.